The van der Waals surface area contributed by atoms with Crippen molar-refractivity contribution in [2.24, 2.45) is 0 Å². The van der Waals surface area contributed by atoms with E-state index in [-0.39, 0.29) is 0 Å². The quantitative estimate of drug-likeness (QED) is 0.676. The summed E-state index contributed by atoms with van der Waals surface area (Å²) in [6.45, 7) is 4.64. The Hall–Kier alpha value is -2.22. The predicted molar refractivity (Wildman–Crippen MR) is 104 cm³/mol. The summed E-state index contributed by atoms with van der Waals surface area (Å²) in [5.41, 5.74) is 3.93. The topological polar surface area (TPSA) is 39.9 Å². The zero-order valence-electron chi connectivity index (χ0n) is 14.4. The molecule has 1 atom stereocenters. The minimum absolute atomic E-state index is 0.688. The van der Waals surface area contributed by atoms with Crippen LogP contribution >= 0.6 is 11.3 Å². The van der Waals surface area contributed by atoms with Crippen molar-refractivity contribution < 1.29 is 0 Å². The number of benzene rings is 2. The van der Waals surface area contributed by atoms with E-state index in [1.54, 1.807) is 11.3 Å². The normalized spacial score (nSPS) is 17.8. The maximum atomic E-state index is 9.15. The second-order valence-corrected chi connectivity index (χ2v) is 7.84. The van der Waals surface area contributed by atoms with E-state index in [0.29, 0.717) is 11.6 Å². The first kappa shape index (κ1) is 16.3. The standard InChI is InChI=1S/C21H21N3S/c1-15-5-4-11-24(15)12-10-20-23-21-18(8-3-9-19(21)25-20)17-7-2-6-16(13-17)14-22/h2-3,6-9,13,15H,4-5,10-12H2,1H3/t15-/m1/s1. The summed E-state index contributed by atoms with van der Waals surface area (Å²) in [6, 6.07) is 17.0. The molecule has 1 fully saturated rings. The molecule has 0 N–H and O–H groups in total. The Morgan fingerprint density at radius 3 is 2.96 bits per heavy atom. The number of rotatable bonds is 4. The largest absolute Gasteiger partial charge is 0.300 e. The second-order valence-electron chi connectivity index (χ2n) is 6.73. The number of aromatic nitrogens is 1. The number of thiazole rings is 1. The third-order valence-corrected chi connectivity index (χ3v) is 6.15. The molecule has 2 heterocycles. The summed E-state index contributed by atoms with van der Waals surface area (Å²) in [7, 11) is 0. The summed E-state index contributed by atoms with van der Waals surface area (Å²) < 4.78 is 1.23. The molecule has 126 valence electrons. The highest BCUT2D eigenvalue weighted by molar-refractivity contribution is 7.18. The van der Waals surface area contributed by atoms with E-state index in [1.165, 1.54) is 29.1 Å². The maximum Gasteiger partial charge on any atom is 0.0991 e. The molecular formula is C21H21N3S. The molecular weight excluding hydrogens is 326 g/mol. The highest BCUT2D eigenvalue weighted by Gasteiger charge is 2.20. The molecule has 0 spiro atoms. The second kappa shape index (κ2) is 6.95. The molecule has 4 heteroatoms. The van der Waals surface area contributed by atoms with Gasteiger partial charge in [-0.2, -0.15) is 5.26 Å². The molecule has 0 radical (unpaired) electrons. The van der Waals surface area contributed by atoms with Crippen molar-refractivity contribution in [2.45, 2.75) is 32.2 Å². The van der Waals surface area contributed by atoms with Gasteiger partial charge in [-0.15, -0.1) is 11.3 Å². The van der Waals surface area contributed by atoms with Crippen LogP contribution in [-0.2, 0) is 6.42 Å². The lowest BCUT2D eigenvalue weighted by Gasteiger charge is -2.19. The fourth-order valence-corrected chi connectivity index (χ4v) is 4.64. The van der Waals surface area contributed by atoms with Gasteiger partial charge in [-0.05, 0) is 50.1 Å². The van der Waals surface area contributed by atoms with Crippen LogP contribution in [0.5, 0.6) is 0 Å². The fraction of sp³-hybridized carbons (Fsp3) is 0.333. The van der Waals surface area contributed by atoms with Crippen molar-refractivity contribution in [3.63, 3.8) is 0 Å². The van der Waals surface area contributed by atoms with Gasteiger partial charge in [0.05, 0.1) is 26.9 Å². The Bertz CT molecular complexity index is 938. The Morgan fingerprint density at radius 2 is 2.16 bits per heavy atom. The van der Waals surface area contributed by atoms with Crippen LogP contribution in [0.25, 0.3) is 21.3 Å². The highest BCUT2D eigenvalue weighted by atomic mass is 32.1. The number of nitrogens with zero attached hydrogens (tertiary/aromatic N) is 3. The van der Waals surface area contributed by atoms with Gasteiger partial charge in [-0.1, -0.05) is 24.3 Å². The van der Waals surface area contributed by atoms with Crippen LogP contribution in [0.1, 0.15) is 30.3 Å². The van der Waals surface area contributed by atoms with E-state index < -0.39 is 0 Å². The molecule has 0 unspecified atom stereocenters. The van der Waals surface area contributed by atoms with Gasteiger partial charge in [0.2, 0.25) is 0 Å². The molecule has 1 aromatic heterocycles. The Balaban J connectivity index is 1.63. The number of hydrogen-bond acceptors (Lipinski definition) is 4. The molecule has 1 aliphatic rings. The minimum Gasteiger partial charge on any atom is -0.300 e. The lowest BCUT2D eigenvalue weighted by atomic mass is 10.0. The SMILES string of the molecule is C[C@@H]1CCCN1CCc1nc2c(-c3cccc(C#N)c3)cccc2s1. The smallest absolute Gasteiger partial charge is 0.0991 e. The van der Waals surface area contributed by atoms with Crippen molar-refractivity contribution in [3.05, 3.63) is 53.0 Å². The van der Waals surface area contributed by atoms with E-state index in [2.05, 4.69) is 42.2 Å². The van der Waals surface area contributed by atoms with Crippen LogP contribution in [0.4, 0.5) is 0 Å². The molecule has 4 rings (SSSR count). The molecule has 0 aliphatic carbocycles. The van der Waals surface area contributed by atoms with E-state index in [9.17, 15) is 0 Å². The molecule has 0 saturated carbocycles. The van der Waals surface area contributed by atoms with Crippen molar-refractivity contribution in [2.75, 3.05) is 13.1 Å². The summed E-state index contributed by atoms with van der Waals surface area (Å²) >= 11 is 1.80. The minimum atomic E-state index is 0.688. The summed E-state index contributed by atoms with van der Waals surface area (Å²) in [5.74, 6) is 0. The molecule has 0 bridgehead atoms. The number of para-hydroxylation sites is 1. The highest BCUT2D eigenvalue weighted by Crippen LogP contribution is 2.32. The van der Waals surface area contributed by atoms with Crippen LogP contribution < -0.4 is 0 Å². The Kier molecular flexibility index (Phi) is 4.52. The molecule has 1 saturated heterocycles. The third-order valence-electron chi connectivity index (χ3n) is 5.07. The monoisotopic (exact) mass is 347 g/mol. The maximum absolute atomic E-state index is 9.15. The lowest BCUT2D eigenvalue weighted by Crippen LogP contribution is -2.28. The first-order valence-corrected chi connectivity index (χ1v) is 9.69. The van der Waals surface area contributed by atoms with Crippen molar-refractivity contribution >= 4 is 21.6 Å². The Labute approximate surface area is 152 Å². The van der Waals surface area contributed by atoms with Crippen molar-refractivity contribution in [1.29, 1.82) is 5.26 Å². The van der Waals surface area contributed by atoms with Crippen LogP contribution in [0.2, 0.25) is 0 Å². The Morgan fingerprint density at radius 1 is 1.28 bits per heavy atom. The summed E-state index contributed by atoms with van der Waals surface area (Å²) in [6.07, 6.45) is 3.65. The zero-order valence-corrected chi connectivity index (χ0v) is 15.2. The van der Waals surface area contributed by atoms with E-state index >= 15 is 0 Å². The zero-order chi connectivity index (χ0) is 17.2. The molecule has 25 heavy (non-hydrogen) atoms. The number of nitriles is 1. The molecule has 1 aliphatic heterocycles. The van der Waals surface area contributed by atoms with Crippen LogP contribution in [0.3, 0.4) is 0 Å². The number of hydrogen-bond donors (Lipinski definition) is 0. The van der Waals surface area contributed by atoms with E-state index in [4.69, 9.17) is 10.2 Å². The van der Waals surface area contributed by atoms with Crippen LogP contribution in [-0.4, -0.2) is 29.0 Å². The van der Waals surface area contributed by atoms with Gasteiger partial charge in [0.1, 0.15) is 0 Å². The first-order chi connectivity index (χ1) is 12.2. The number of likely N-dealkylation sites (tertiary alicyclic amines) is 1. The van der Waals surface area contributed by atoms with Gasteiger partial charge in [0.15, 0.2) is 0 Å². The van der Waals surface area contributed by atoms with Crippen LogP contribution in [0, 0.1) is 11.3 Å². The van der Waals surface area contributed by atoms with Gasteiger partial charge in [-0.3, -0.25) is 0 Å². The molecule has 3 nitrogen and oxygen atoms in total. The van der Waals surface area contributed by atoms with Crippen molar-refractivity contribution in [1.82, 2.24) is 9.88 Å². The van der Waals surface area contributed by atoms with Gasteiger partial charge in [-0.25, -0.2) is 4.98 Å². The van der Waals surface area contributed by atoms with Gasteiger partial charge < -0.3 is 4.90 Å². The van der Waals surface area contributed by atoms with E-state index in [1.807, 2.05) is 18.2 Å². The van der Waals surface area contributed by atoms with Gasteiger partial charge >= 0.3 is 0 Å². The predicted octanol–water partition coefficient (Wildman–Crippen LogP) is 4.86. The average molecular weight is 347 g/mol. The fourth-order valence-electron chi connectivity index (χ4n) is 3.65. The van der Waals surface area contributed by atoms with E-state index in [0.717, 1.165) is 29.6 Å². The average Bonchev–Trinajstić information content (AvgIpc) is 3.25. The summed E-state index contributed by atoms with van der Waals surface area (Å²) in [5, 5.41) is 10.4. The van der Waals surface area contributed by atoms with Crippen molar-refractivity contribution in [3.8, 4) is 17.2 Å². The van der Waals surface area contributed by atoms with Crippen LogP contribution in [0.15, 0.2) is 42.5 Å². The third kappa shape index (κ3) is 3.30. The molecule has 2 aromatic carbocycles. The first-order valence-electron chi connectivity index (χ1n) is 8.87. The summed E-state index contributed by atoms with van der Waals surface area (Å²) in [4.78, 5) is 7.51. The molecule has 3 aromatic rings. The lowest BCUT2D eigenvalue weighted by molar-refractivity contribution is 0.272. The number of fused-ring (bicyclic) bond motifs is 1. The van der Waals surface area contributed by atoms with Gasteiger partial charge in [0, 0.05) is 24.6 Å². The molecule has 0 amide bonds. The van der Waals surface area contributed by atoms with Gasteiger partial charge in [0.25, 0.3) is 0 Å².